The number of hydrogen-bond donors (Lipinski definition) is 3. The van der Waals surface area contributed by atoms with E-state index in [0.717, 1.165) is 22.5 Å². The number of nitro benzene ring substituents is 1. The molecule has 0 bridgehead atoms. The molecule has 0 aliphatic heterocycles. The van der Waals surface area contributed by atoms with Gasteiger partial charge in [0.15, 0.2) is 0 Å². The van der Waals surface area contributed by atoms with Crippen LogP contribution in [-0.2, 0) is 6.61 Å². The molecular formula is C29H24N8O3. The van der Waals surface area contributed by atoms with Crippen LogP contribution in [0, 0.1) is 10.1 Å². The lowest BCUT2D eigenvalue weighted by atomic mass is 10.2. The van der Waals surface area contributed by atoms with Crippen LogP contribution in [-0.4, -0.2) is 26.1 Å². The predicted molar refractivity (Wildman–Crippen MR) is 154 cm³/mol. The molecule has 4 aromatic carbocycles. The molecule has 0 saturated carbocycles. The zero-order valence-electron chi connectivity index (χ0n) is 21.1. The zero-order valence-corrected chi connectivity index (χ0v) is 21.1. The molecule has 1 heterocycles. The number of nitrogens with zero attached hydrogens (tertiary/aromatic N) is 5. The van der Waals surface area contributed by atoms with E-state index in [0.29, 0.717) is 17.6 Å². The summed E-state index contributed by atoms with van der Waals surface area (Å²) in [6.45, 7) is 0.243. The third-order valence-corrected chi connectivity index (χ3v) is 5.52. The van der Waals surface area contributed by atoms with Gasteiger partial charge in [-0.15, -0.1) is 0 Å². The van der Waals surface area contributed by atoms with Crippen molar-refractivity contribution in [2.24, 2.45) is 5.10 Å². The van der Waals surface area contributed by atoms with Gasteiger partial charge in [-0.2, -0.15) is 20.1 Å². The molecule has 0 fully saturated rings. The molecule has 11 nitrogen and oxygen atoms in total. The summed E-state index contributed by atoms with van der Waals surface area (Å²) in [7, 11) is 0. The Hall–Kier alpha value is -5.84. The van der Waals surface area contributed by atoms with Crippen molar-refractivity contribution in [2.45, 2.75) is 6.61 Å². The van der Waals surface area contributed by atoms with Crippen LogP contribution in [0.3, 0.4) is 0 Å². The quantitative estimate of drug-likeness (QED) is 0.102. The number of nitrogens with one attached hydrogen (secondary N) is 3. The molecule has 40 heavy (non-hydrogen) atoms. The number of aromatic nitrogens is 3. The van der Waals surface area contributed by atoms with Crippen molar-refractivity contribution in [1.29, 1.82) is 0 Å². The number of non-ortho nitro benzene ring substituents is 1. The van der Waals surface area contributed by atoms with E-state index in [1.54, 1.807) is 18.3 Å². The fourth-order valence-corrected chi connectivity index (χ4v) is 3.59. The lowest BCUT2D eigenvalue weighted by molar-refractivity contribution is -0.384. The van der Waals surface area contributed by atoms with E-state index < -0.39 is 4.92 Å². The monoisotopic (exact) mass is 532 g/mol. The van der Waals surface area contributed by atoms with Crippen LogP contribution >= 0.6 is 0 Å². The zero-order chi connectivity index (χ0) is 27.6. The van der Waals surface area contributed by atoms with Crippen LogP contribution in [0.15, 0.2) is 114 Å². The minimum absolute atomic E-state index is 0.0324. The summed E-state index contributed by atoms with van der Waals surface area (Å²) in [4.78, 5) is 23.8. The highest BCUT2D eigenvalue weighted by Gasteiger charge is 2.09. The van der Waals surface area contributed by atoms with Crippen LogP contribution < -0.4 is 20.8 Å². The van der Waals surface area contributed by atoms with Gasteiger partial charge in [-0.25, -0.2) is 5.43 Å². The van der Waals surface area contributed by atoms with Crippen molar-refractivity contribution < 1.29 is 9.66 Å². The first-order chi connectivity index (χ1) is 19.6. The van der Waals surface area contributed by atoms with Crippen molar-refractivity contribution >= 4 is 41.1 Å². The molecule has 198 valence electrons. The number of nitro groups is 1. The van der Waals surface area contributed by atoms with E-state index >= 15 is 0 Å². The fourth-order valence-electron chi connectivity index (χ4n) is 3.59. The topological polar surface area (TPSA) is 139 Å². The highest BCUT2D eigenvalue weighted by molar-refractivity contribution is 5.83. The van der Waals surface area contributed by atoms with Gasteiger partial charge in [0.1, 0.15) is 12.4 Å². The summed E-state index contributed by atoms with van der Waals surface area (Å²) >= 11 is 0. The van der Waals surface area contributed by atoms with Crippen molar-refractivity contribution in [2.75, 3.05) is 16.1 Å². The Kier molecular flexibility index (Phi) is 8.13. The van der Waals surface area contributed by atoms with Crippen LogP contribution in [0.1, 0.15) is 11.1 Å². The molecule has 0 unspecified atom stereocenters. The molecule has 0 saturated heterocycles. The molecule has 0 aliphatic rings. The third-order valence-electron chi connectivity index (χ3n) is 5.52. The fraction of sp³-hybridized carbons (Fsp3) is 0.0345. The van der Waals surface area contributed by atoms with E-state index in [1.807, 2.05) is 84.9 Å². The van der Waals surface area contributed by atoms with E-state index in [-0.39, 0.29) is 18.2 Å². The second-order valence-electron chi connectivity index (χ2n) is 8.41. The third kappa shape index (κ3) is 7.13. The number of ether oxygens (including phenoxy) is 1. The molecule has 0 spiro atoms. The summed E-state index contributed by atoms with van der Waals surface area (Å²) in [6, 6.07) is 32.8. The van der Waals surface area contributed by atoms with Crippen molar-refractivity contribution in [3.05, 3.63) is 130 Å². The maximum Gasteiger partial charge on any atom is 0.269 e. The average Bonchev–Trinajstić information content (AvgIpc) is 2.98. The molecule has 5 rings (SSSR count). The number of para-hydroxylation sites is 3. The summed E-state index contributed by atoms with van der Waals surface area (Å²) in [5, 5.41) is 21.5. The second kappa shape index (κ2) is 12.6. The summed E-state index contributed by atoms with van der Waals surface area (Å²) in [5.41, 5.74) is 6.08. The Morgan fingerprint density at radius 1 is 0.725 bits per heavy atom. The van der Waals surface area contributed by atoms with Gasteiger partial charge in [-0.3, -0.25) is 10.1 Å². The predicted octanol–water partition coefficient (Wildman–Crippen LogP) is 6.29. The Morgan fingerprint density at radius 3 is 1.88 bits per heavy atom. The van der Waals surface area contributed by atoms with Gasteiger partial charge in [0.05, 0.1) is 11.1 Å². The van der Waals surface area contributed by atoms with E-state index in [1.165, 1.54) is 12.1 Å². The van der Waals surface area contributed by atoms with Gasteiger partial charge in [0, 0.05) is 29.1 Å². The maximum atomic E-state index is 10.9. The van der Waals surface area contributed by atoms with Crippen LogP contribution in [0.2, 0.25) is 0 Å². The highest BCUT2D eigenvalue weighted by atomic mass is 16.6. The Morgan fingerprint density at radius 2 is 1.27 bits per heavy atom. The molecule has 0 radical (unpaired) electrons. The average molecular weight is 533 g/mol. The van der Waals surface area contributed by atoms with Gasteiger partial charge in [-0.1, -0.05) is 48.5 Å². The normalized spacial score (nSPS) is 10.7. The smallest absolute Gasteiger partial charge is 0.269 e. The summed E-state index contributed by atoms with van der Waals surface area (Å²) < 4.78 is 5.95. The van der Waals surface area contributed by atoms with Crippen molar-refractivity contribution in [1.82, 2.24) is 15.0 Å². The van der Waals surface area contributed by atoms with Gasteiger partial charge in [-0.05, 0) is 54.1 Å². The van der Waals surface area contributed by atoms with Crippen LogP contribution in [0.4, 0.5) is 34.9 Å². The Bertz CT molecular complexity index is 1540. The molecular weight excluding hydrogens is 508 g/mol. The highest BCUT2D eigenvalue weighted by Crippen LogP contribution is 2.21. The van der Waals surface area contributed by atoms with E-state index in [9.17, 15) is 10.1 Å². The maximum absolute atomic E-state index is 10.9. The SMILES string of the molecule is O=[N+]([O-])c1ccc(COc2ccccc2/C=N\Nc2nc(Nc3ccccc3)nc(Nc3ccccc3)n2)cc1. The number of anilines is 5. The minimum atomic E-state index is -0.433. The van der Waals surface area contributed by atoms with E-state index in [4.69, 9.17) is 4.74 Å². The number of hydrazone groups is 1. The molecule has 1 aromatic heterocycles. The molecule has 3 N–H and O–H groups in total. The van der Waals surface area contributed by atoms with Crippen molar-refractivity contribution in [3.63, 3.8) is 0 Å². The van der Waals surface area contributed by atoms with Gasteiger partial charge in [0.2, 0.25) is 17.8 Å². The number of benzene rings is 4. The largest absolute Gasteiger partial charge is 0.488 e. The molecule has 5 aromatic rings. The lowest BCUT2D eigenvalue weighted by Gasteiger charge is -2.10. The summed E-state index contributed by atoms with van der Waals surface area (Å²) in [6.07, 6.45) is 1.60. The first-order valence-electron chi connectivity index (χ1n) is 12.3. The minimum Gasteiger partial charge on any atom is -0.488 e. The second-order valence-corrected chi connectivity index (χ2v) is 8.41. The molecule has 11 heteroatoms. The number of hydrogen-bond acceptors (Lipinski definition) is 10. The first-order valence-corrected chi connectivity index (χ1v) is 12.3. The van der Waals surface area contributed by atoms with Gasteiger partial charge in [0.25, 0.3) is 5.69 Å². The molecule has 0 atom stereocenters. The molecule has 0 aliphatic carbocycles. The van der Waals surface area contributed by atoms with E-state index in [2.05, 4.69) is 36.1 Å². The first kappa shape index (κ1) is 25.8. The standard InChI is InChI=1S/C29H24N8O3/c38-37(39)25-17-15-21(16-18-25)20-40-26-14-8-7-9-22(26)19-30-36-29-34-27(31-23-10-3-1-4-11-23)33-28(35-29)32-24-12-5-2-6-13-24/h1-19H,20H2,(H3,31,32,33,34,35,36)/b30-19-. The van der Waals surface area contributed by atoms with Crippen LogP contribution in [0.5, 0.6) is 5.75 Å². The van der Waals surface area contributed by atoms with Crippen LogP contribution in [0.25, 0.3) is 0 Å². The number of rotatable bonds is 11. The van der Waals surface area contributed by atoms with Crippen molar-refractivity contribution in [3.8, 4) is 5.75 Å². The lowest BCUT2D eigenvalue weighted by Crippen LogP contribution is -2.07. The van der Waals surface area contributed by atoms with Gasteiger partial charge >= 0.3 is 0 Å². The Labute approximate surface area is 229 Å². The molecule has 0 amide bonds. The summed E-state index contributed by atoms with van der Waals surface area (Å²) in [5.74, 6) is 1.50. The van der Waals surface area contributed by atoms with Gasteiger partial charge < -0.3 is 15.4 Å². The Balaban J connectivity index is 1.30.